The summed E-state index contributed by atoms with van der Waals surface area (Å²) in [4.78, 5) is 18.1. The summed E-state index contributed by atoms with van der Waals surface area (Å²) in [5.74, 6) is 0.821. The van der Waals surface area contributed by atoms with E-state index < -0.39 is 0 Å². The number of nitrogens with one attached hydrogen (secondary N) is 1. The Labute approximate surface area is 151 Å². The number of carbonyl (C=O) groups excluding carboxylic acids is 1. The van der Waals surface area contributed by atoms with Gasteiger partial charge in [-0.3, -0.25) is 4.79 Å². The van der Waals surface area contributed by atoms with E-state index in [1.165, 1.54) is 11.3 Å². The second-order valence-corrected chi connectivity index (χ2v) is 6.84. The Morgan fingerprint density at radius 3 is 2.52 bits per heavy atom. The number of carbonyl (C=O) groups is 1. The van der Waals surface area contributed by atoms with Crippen molar-refractivity contribution in [2.24, 2.45) is 0 Å². The molecule has 3 aromatic rings. The van der Waals surface area contributed by atoms with Gasteiger partial charge in [-0.1, -0.05) is 25.2 Å². The van der Waals surface area contributed by atoms with Crippen molar-refractivity contribution in [3.63, 3.8) is 0 Å². The number of amides is 1. The van der Waals surface area contributed by atoms with Crippen LogP contribution in [0.1, 0.15) is 42.1 Å². The number of benzene rings is 1. The van der Waals surface area contributed by atoms with Crippen LogP contribution in [0.15, 0.2) is 48.8 Å². The quantitative estimate of drug-likeness (QED) is 0.697. The maximum atomic E-state index is 12.8. The first-order valence-corrected chi connectivity index (χ1v) is 9.08. The lowest BCUT2D eigenvalue weighted by molar-refractivity contribution is 0.102. The van der Waals surface area contributed by atoms with E-state index in [1.807, 2.05) is 74.1 Å². The number of hydrogen-bond acceptors (Lipinski definition) is 4. The van der Waals surface area contributed by atoms with E-state index in [-0.39, 0.29) is 11.8 Å². The molecule has 6 heteroatoms. The Bertz CT molecular complexity index is 836. The van der Waals surface area contributed by atoms with Crippen molar-refractivity contribution >= 4 is 22.9 Å². The van der Waals surface area contributed by atoms with Crippen LogP contribution in [0.4, 0.5) is 5.69 Å². The van der Waals surface area contributed by atoms with Crippen molar-refractivity contribution in [3.05, 3.63) is 59.4 Å². The van der Waals surface area contributed by atoms with Gasteiger partial charge >= 0.3 is 0 Å². The van der Waals surface area contributed by atoms with E-state index in [1.54, 1.807) is 0 Å². The summed E-state index contributed by atoms with van der Waals surface area (Å²) in [6.45, 7) is 6.64. The van der Waals surface area contributed by atoms with Crippen molar-refractivity contribution in [1.82, 2.24) is 9.55 Å². The van der Waals surface area contributed by atoms with Gasteiger partial charge in [-0.05, 0) is 49.2 Å². The predicted octanol–water partition coefficient (Wildman–Crippen LogP) is 4.71. The molecule has 0 aliphatic carbocycles. The third kappa shape index (κ3) is 3.91. The van der Waals surface area contributed by atoms with Crippen LogP contribution in [0.2, 0.25) is 0 Å². The molecule has 2 aromatic heterocycles. The molecule has 0 radical (unpaired) electrons. The molecule has 0 saturated heterocycles. The topological polar surface area (TPSA) is 56.1 Å². The smallest absolute Gasteiger partial charge is 0.267 e. The fourth-order valence-corrected chi connectivity index (χ4v) is 3.52. The Balaban J connectivity index is 1.83. The van der Waals surface area contributed by atoms with Crippen LogP contribution in [0.5, 0.6) is 5.75 Å². The molecule has 1 amide bonds. The number of anilines is 1. The lowest BCUT2D eigenvalue weighted by atomic mass is 10.1. The molecule has 25 heavy (non-hydrogen) atoms. The second-order valence-electron chi connectivity index (χ2n) is 5.87. The van der Waals surface area contributed by atoms with Crippen LogP contribution in [0.25, 0.3) is 5.13 Å². The Kier molecular flexibility index (Phi) is 5.19. The average molecular weight is 355 g/mol. The molecule has 1 N–H and O–H groups in total. The van der Waals surface area contributed by atoms with Gasteiger partial charge in [-0.15, -0.1) is 0 Å². The van der Waals surface area contributed by atoms with Gasteiger partial charge in [0, 0.05) is 18.1 Å². The Morgan fingerprint density at radius 1 is 1.24 bits per heavy atom. The van der Waals surface area contributed by atoms with Crippen molar-refractivity contribution in [3.8, 4) is 10.9 Å². The highest BCUT2D eigenvalue weighted by Gasteiger charge is 2.21. The molecule has 3 rings (SSSR count). The highest BCUT2D eigenvalue weighted by Crippen LogP contribution is 2.28. The van der Waals surface area contributed by atoms with E-state index in [0.29, 0.717) is 11.5 Å². The van der Waals surface area contributed by atoms with Gasteiger partial charge in [0.15, 0.2) is 5.13 Å². The van der Waals surface area contributed by atoms with Crippen molar-refractivity contribution in [1.29, 1.82) is 0 Å². The van der Waals surface area contributed by atoms with Crippen LogP contribution in [0.3, 0.4) is 0 Å². The van der Waals surface area contributed by atoms with Crippen LogP contribution in [-0.4, -0.2) is 22.1 Å². The van der Waals surface area contributed by atoms with Gasteiger partial charge in [0.05, 0.1) is 12.3 Å². The molecular weight excluding hydrogens is 334 g/mol. The van der Waals surface area contributed by atoms with E-state index in [2.05, 4.69) is 10.3 Å². The lowest BCUT2D eigenvalue weighted by Gasteiger charge is -2.08. The molecule has 1 aromatic carbocycles. The summed E-state index contributed by atoms with van der Waals surface area (Å²) in [5.41, 5.74) is 1.55. The van der Waals surface area contributed by atoms with Gasteiger partial charge in [0.2, 0.25) is 0 Å². The second kappa shape index (κ2) is 7.53. The molecule has 0 fully saturated rings. The summed E-state index contributed by atoms with van der Waals surface area (Å²) in [6, 6.07) is 11.3. The fraction of sp³-hybridized carbons (Fsp3) is 0.263. The fourth-order valence-electron chi connectivity index (χ4n) is 2.44. The zero-order chi connectivity index (χ0) is 17.8. The number of ether oxygens (including phenoxy) is 1. The minimum atomic E-state index is -0.135. The van der Waals surface area contributed by atoms with Gasteiger partial charge in [-0.25, -0.2) is 4.98 Å². The number of hydrogen-bond donors (Lipinski definition) is 1. The van der Waals surface area contributed by atoms with E-state index >= 15 is 0 Å². The SMILES string of the molecule is CCOc1ccc(NC(=O)c2sc(-n3cccc3)nc2C(C)C)cc1. The first kappa shape index (κ1) is 17.2. The van der Waals surface area contributed by atoms with Crippen molar-refractivity contribution in [2.45, 2.75) is 26.7 Å². The normalized spacial score (nSPS) is 10.9. The number of nitrogens with zero attached hydrogens (tertiary/aromatic N) is 2. The van der Waals surface area contributed by atoms with Gasteiger partial charge < -0.3 is 14.6 Å². The maximum Gasteiger partial charge on any atom is 0.267 e. The molecule has 5 nitrogen and oxygen atoms in total. The molecule has 0 spiro atoms. The average Bonchev–Trinajstić information content (AvgIpc) is 3.26. The minimum absolute atomic E-state index is 0.135. The molecule has 0 bridgehead atoms. The highest BCUT2D eigenvalue weighted by molar-refractivity contribution is 7.16. The molecule has 0 saturated carbocycles. The molecule has 0 atom stereocenters. The van der Waals surface area contributed by atoms with Gasteiger partial charge in [-0.2, -0.15) is 0 Å². The maximum absolute atomic E-state index is 12.8. The predicted molar refractivity (Wildman–Crippen MR) is 101 cm³/mol. The monoisotopic (exact) mass is 355 g/mol. The zero-order valence-electron chi connectivity index (χ0n) is 14.5. The third-order valence-electron chi connectivity index (χ3n) is 3.64. The van der Waals surface area contributed by atoms with Crippen molar-refractivity contribution < 1.29 is 9.53 Å². The largest absolute Gasteiger partial charge is 0.494 e. The summed E-state index contributed by atoms with van der Waals surface area (Å²) in [6.07, 6.45) is 3.86. The number of aromatic nitrogens is 2. The van der Waals surface area contributed by atoms with Crippen LogP contribution in [-0.2, 0) is 0 Å². The number of rotatable bonds is 6. The first-order valence-electron chi connectivity index (χ1n) is 8.26. The van der Waals surface area contributed by atoms with Gasteiger partial charge in [0.1, 0.15) is 10.6 Å². The summed E-state index contributed by atoms with van der Waals surface area (Å²) >= 11 is 1.40. The summed E-state index contributed by atoms with van der Waals surface area (Å²) in [7, 11) is 0. The minimum Gasteiger partial charge on any atom is -0.494 e. The zero-order valence-corrected chi connectivity index (χ0v) is 15.3. The van der Waals surface area contributed by atoms with Crippen LogP contribution < -0.4 is 10.1 Å². The molecule has 0 aliphatic rings. The van der Waals surface area contributed by atoms with Gasteiger partial charge in [0.25, 0.3) is 5.91 Å². The molecule has 2 heterocycles. The molecule has 0 aliphatic heterocycles. The highest BCUT2D eigenvalue weighted by atomic mass is 32.1. The molecule has 0 unspecified atom stereocenters. The van der Waals surface area contributed by atoms with Crippen LogP contribution >= 0.6 is 11.3 Å². The standard InChI is InChI=1S/C19H21N3O2S/c1-4-24-15-9-7-14(8-10-15)20-18(23)17-16(13(2)3)21-19(25-17)22-11-5-6-12-22/h5-13H,4H2,1-3H3,(H,20,23). The van der Waals surface area contributed by atoms with E-state index in [4.69, 9.17) is 4.74 Å². The summed E-state index contributed by atoms with van der Waals surface area (Å²) < 4.78 is 7.34. The third-order valence-corrected chi connectivity index (χ3v) is 4.73. The van der Waals surface area contributed by atoms with Crippen LogP contribution in [0, 0.1) is 0 Å². The van der Waals surface area contributed by atoms with E-state index in [0.717, 1.165) is 22.3 Å². The lowest BCUT2D eigenvalue weighted by Crippen LogP contribution is -2.13. The van der Waals surface area contributed by atoms with E-state index in [9.17, 15) is 4.79 Å². The molecule has 130 valence electrons. The van der Waals surface area contributed by atoms with Crippen molar-refractivity contribution in [2.75, 3.05) is 11.9 Å². The summed E-state index contributed by atoms with van der Waals surface area (Å²) in [5, 5.41) is 3.74. The molecular formula is C19H21N3O2S. The first-order chi connectivity index (χ1) is 12.1. The Hall–Kier alpha value is -2.60. The Morgan fingerprint density at radius 2 is 1.92 bits per heavy atom. The number of thiazole rings is 1.